The molecular formula is C41H27Br2ClF2N10O3. The highest BCUT2D eigenvalue weighted by Crippen LogP contribution is 2.30. The van der Waals surface area contributed by atoms with Gasteiger partial charge in [0, 0.05) is 35.7 Å². The molecule has 13 nitrogen and oxygen atoms in total. The number of hydrogen-bond donors (Lipinski definition) is 0. The summed E-state index contributed by atoms with van der Waals surface area (Å²) >= 11 is 12.7. The van der Waals surface area contributed by atoms with Gasteiger partial charge in [0.05, 0.1) is 33.4 Å². The van der Waals surface area contributed by atoms with Crippen molar-refractivity contribution in [3.8, 4) is 51.7 Å². The predicted molar refractivity (Wildman–Crippen MR) is 220 cm³/mol. The van der Waals surface area contributed by atoms with E-state index in [1.54, 1.807) is 82.4 Å². The van der Waals surface area contributed by atoms with Crippen LogP contribution in [0.15, 0.2) is 146 Å². The van der Waals surface area contributed by atoms with E-state index in [4.69, 9.17) is 25.4 Å². The molecule has 9 rings (SSSR count). The normalized spacial score (nSPS) is 11.0. The zero-order valence-corrected chi connectivity index (χ0v) is 34.3. The number of aromatic nitrogens is 10. The zero-order valence-electron chi connectivity index (χ0n) is 30.3. The molecule has 0 aliphatic carbocycles. The van der Waals surface area contributed by atoms with Crippen molar-refractivity contribution in [2.75, 3.05) is 0 Å². The van der Waals surface area contributed by atoms with E-state index < -0.39 is 0 Å². The van der Waals surface area contributed by atoms with Crippen molar-refractivity contribution < 1.29 is 22.6 Å². The first-order valence-corrected chi connectivity index (χ1v) is 19.6. The fraction of sp³-hybridized carbons (Fsp3) is 0.0732. The van der Waals surface area contributed by atoms with Gasteiger partial charge in [-0.2, -0.15) is 15.2 Å². The molecule has 0 saturated carbocycles. The lowest BCUT2D eigenvalue weighted by Gasteiger charge is -2.08. The highest BCUT2D eigenvalue weighted by Gasteiger charge is 2.20. The quantitative estimate of drug-likeness (QED) is 0.114. The Morgan fingerprint density at radius 1 is 0.610 bits per heavy atom. The van der Waals surface area contributed by atoms with E-state index in [1.807, 2.05) is 30.3 Å². The predicted octanol–water partition coefficient (Wildman–Crippen LogP) is 10.1. The average molecular weight is 941 g/mol. The van der Waals surface area contributed by atoms with Crippen LogP contribution in [0.2, 0.25) is 5.15 Å². The molecule has 0 atom stereocenters. The van der Waals surface area contributed by atoms with E-state index in [1.165, 1.54) is 24.7 Å². The largest absolute Gasteiger partial charge is 0.472 e. The summed E-state index contributed by atoms with van der Waals surface area (Å²) in [6.45, 7) is 0.795. The fourth-order valence-electron chi connectivity index (χ4n) is 5.74. The van der Waals surface area contributed by atoms with Crippen LogP contribution in [0.25, 0.3) is 45.8 Å². The molecule has 18 heteroatoms. The molecule has 0 amide bonds. The van der Waals surface area contributed by atoms with Crippen LogP contribution in [-0.2, 0) is 19.7 Å². The Bertz CT molecular complexity index is 2820. The molecule has 0 fully saturated rings. The third-order valence-electron chi connectivity index (χ3n) is 8.61. The first-order valence-electron chi connectivity index (χ1n) is 17.6. The molecule has 6 heterocycles. The topological polar surface area (TPSA) is 148 Å². The van der Waals surface area contributed by atoms with Gasteiger partial charge in [-0.25, -0.2) is 23.7 Å². The molecule has 0 aliphatic heterocycles. The molecular weight excluding hydrogens is 914 g/mol. The summed E-state index contributed by atoms with van der Waals surface area (Å²) in [5.74, 6) is 0.514. The second-order valence-corrected chi connectivity index (χ2v) is 14.6. The van der Waals surface area contributed by atoms with Gasteiger partial charge in [0.1, 0.15) is 58.7 Å². The van der Waals surface area contributed by atoms with Crippen LogP contribution in [0, 0.1) is 11.6 Å². The summed E-state index contributed by atoms with van der Waals surface area (Å²) in [4.78, 5) is 17.4. The molecule has 0 radical (unpaired) electrons. The van der Waals surface area contributed by atoms with Gasteiger partial charge in [0.25, 0.3) is 0 Å². The van der Waals surface area contributed by atoms with Gasteiger partial charge in [-0.1, -0.05) is 88.6 Å². The molecule has 0 N–H and O–H groups in total. The van der Waals surface area contributed by atoms with E-state index in [0.29, 0.717) is 78.4 Å². The third-order valence-corrected chi connectivity index (χ3v) is 10.2. The van der Waals surface area contributed by atoms with Crippen LogP contribution in [0.1, 0.15) is 16.7 Å². The van der Waals surface area contributed by atoms with E-state index in [0.717, 1.165) is 5.56 Å². The van der Waals surface area contributed by atoms with Gasteiger partial charge in [-0.3, -0.25) is 9.36 Å². The van der Waals surface area contributed by atoms with Gasteiger partial charge < -0.3 is 13.8 Å². The van der Waals surface area contributed by atoms with Crippen LogP contribution in [0.4, 0.5) is 8.78 Å². The Labute approximate surface area is 355 Å². The fourth-order valence-corrected chi connectivity index (χ4v) is 6.37. The maximum Gasteiger partial charge on any atom is 0.232 e. The maximum atomic E-state index is 14.3. The SMILES string of the molecule is Fc1ccccc1Cn1nc(-c2ncc(Br)c(Cl)n2)cc1-c1ccon1.Fc1ccccc1Cn1nc(-c2ncc(Br)c(OCc3ccccc3)n2)cc1-c1ccon1. The van der Waals surface area contributed by atoms with E-state index >= 15 is 0 Å². The van der Waals surface area contributed by atoms with Crippen molar-refractivity contribution >= 4 is 43.5 Å². The summed E-state index contributed by atoms with van der Waals surface area (Å²) in [7, 11) is 0. The van der Waals surface area contributed by atoms with Gasteiger partial charge >= 0.3 is 0 Å². The number of halogens is 5. The van der Waals surface area contributed by atoms with E-state index in [2.05, 4.69) is 72.3 Å². The second kappa shape index (κ2) is 18.0. The second-order valence-electron chi connectivity index (χ2n) is 12.6. The van der Waals surface area contributed by atoms with Crippen molar-refractivity contribution in [3.63, 3.8) is 0 Å². The Hall–Kier alpha value is -6.43. The Morgan fingerprint density at radius 3 is 1.63 bits per heavy atom. The first kappa shape index (κ1) is 39.4. The summed E-state index contributed by atoms with van der Waals surface area (Å²) in [5.41, 5.74) is 5.47. The van der Waals surface area contributed by atoms with Crippen molar-refractivity contribution in [1.82, 2.24) is 49.8 Å². The molecule has 294 valence electrons. The molecule has 0 bridgehead atoms. The molecule has 0 unspecified atom stereocenters. The van der Waals surface area contributed by atoms with E-state index in [-0.39, 0.29) is 29.9 Å². The van der Waals surface area contributed by atoms with Crippen LogP contribution < -0.4 is 4.74 Å². The molecule has 6 aromatic heterocycles. The minimum atomic E-state index is -0.308. The minimum absolute atomic E-state index is 0.211. The molecule has 59 heavy (non-hydrogen) atoms. The number of rotatable bonds is 11. The highest BCUT2D eigenvalue weighted by molar-refractivity contribution is 9.10. The van der Waals surface area contributed by atoms with Crippen LogP contribution >= 0.6 is 43.5 Å². The number of nitrogens with zero attached hydrogens (tertiary/aromatic N) is 10. The lowest BCUT2D eigenvalue weighted by Crippen LogP contribution is -2.06. The molecule has 3 aromatic carbocycles. The molecule has 9 aromatic rings. The highest BCUT2D eigenvalue weighted by atomic mass is 79.9. The lowest BCUT2D eigenvalue weighted by molar-refractivity contribution is 0.291. The first-order chi connectivity index (χ1) is 28.8. The number of ether oxygens (including phenoxy) is 1. The average Bonchev–Trinajstić information content (AvgIpc) is 4.10. The number of benzene rings is 3. The molecule has 0 saturated heterocycles. The number of hydrogen-bond acceptors (Lipinski definition) is 11. The van der Waals surface area contributed by atoms with Crippen molar-refractivity contribution in [2.45, 2.75) is 19.7 Å². The smallest absolute Gasteiger partial charge is 0.232 e. The van der Waals surface area contributed by atoms with Crippen LogP contribution in [-0.4, -0.2) is 49.8 Å². The van der Waals surface area contributed by atoms with E-state index in [9.17, 15) is 8.78 Å². The van der Waals surface area contributed by atoms with Gasteiger partial charge in [0.2, 0.25) is 5.88 Å². The Balaban J connectivity index is 0.000000169. The molecule has 0 aliphatic rings. The Kier molecular flexibility index (Phi) is 12.0. The van der Waals surface area contributed by atoms with Gasteiger partial charge in [-0.05, 0) is 61.7 Å². The van der Waals surface area contributed by atoms with Crippen LogP contribution in [0.5, 0.6) is 5.88 Å². The van der Waals surface area contributed by atoms with Crippen molar-refractivity contribution in [1.29, 1.82) is 0 Å². The van der Waals surface area contributed by atoms with Crippen molar-refractivity contribution in [2.24, 2.45) is 0 Å². The Morgan fingerprint density at radius 2 is 1.12 bits per heavy atom. The third kappa shape index (κ3) is 9.33. The standard InChI is InChI=1S/C24H17BrFN5O2.C17H10BrClFN5O/c25-18-13-27-23(28-24(18)32-15-16-6-2-1-3-7-16)21-12-22(20-10-11-33-30-20)31(29-21)14-17-8-4-5-9-19(17)26;18-11-8-21-17(22-16(11)19)14-7-15(13-5-6-26-24-13)25(23-14)9-10-3-1-2-4-12(10)20/h1-13H,14-15H2;1-8H,9H2. The monoisotopic (exact) mass is 938 g/mol. The maximum absolute atomic E-state index is 14.3. The summed E-state index contributed by atoms with van der Waals surface area (Å²) < 4.78 is 48.7. The molecule has 0 spiro atoms. The summed E-state index contributed by atoms with van der Waals surface area (Å²) in [6.07, 6.45) is 6.11. The lowest BCUT2D eigenvalue weighted by atomic mass is 10.2. The van der Waals surface area contributed by atoms with Gasteiger partial charge in [0.15, 0.2) is 11.6 Å². The minimum Gasteiger partial charge on any atom is -0.472 e. The van der Waals surface area contributed by atoms with Gasteiger partial charge in [-0.15, -0.1) is 0 Å². The van der Waals surface area contributed by atoms with Crippen LogP contribution in [0.3, 0.4) is 0 Å². The summed E-state index contributed by atoms with van der Waals surface area (Å²) in [5, 5.41) is 17.4. The summed E-state index contributed by atoms with van der Waals surface area (Å²) in [6, 6.07) is 29.9. The van der Waals surface area contributed by atoms with Crippen molar-refractivity contribution in [3.05, 3.63) is 170 Å². The zero-order chi connectivity index (χ0) is 40.7.